The van der Waals surface area contributed by atoms with Crippen LogP contribution in [0, 0.1) is 5.41 Å². The summed E-state index contributed by atoms with van der Waals surface area (Å²) in [6.07, 6.45) is 4.05. The van der Waals surface area contributed by atoms with Crippen molar-refractivity contribution < 1.29 is 0 Å². The van der Waals surface area contributed by atoms with E-state index in [0.717, 1.165) is 12.4 Å². The minimum absolute atomic E-state index is 0.0271. The van der Waals surface area contributed by atoms with E-state index in [1.54, 1.807) is 0 Å². The number of aliphatic imine (C=N–C) groups is 1. The molecular formula is C11H22N2S. The van der Waals surface area contributed by atoms with Gasteiger partial charge in [-0.05, 0) is 18.6 Å². The molecule has 1 rings (SSSR count). The lowest BCUT2D eigenvalue weighted by atomic mass is 9.95. The van der Waals surface area contributed by atoms with Crippen LogP contribution in [0.3, 0.4) is 0 Å². The Morgan fingerprint density at radius 3 is 2.64 bits per heavy atom. The van der Waals surface area contributed by atoms with E-state index in [0.29, 0.717) is 5.25 Å². The summed E-state index contributed by atoms with van der Waals surface area (Å²) in [5, 5.41) is 0.713. The summed E-state index contributed by atoms with van der Waals surface area (Å²) in [6.45, 7) is 7.24. The van der Waals surface area contributed by atoms with E-state index in [9.17, 15) is 0 Å². The van der Waals surface area contributed by atoms with Crippen molar-refractivity contribution in [2.45, 2.75) is 45.3 Å². The first kappa shape index (κ1) is 11.9. The largest absolute Gasteiger partial charge is 0.387 e. The summed E-state index contributed by atoms with van der Waals surface area (Å²) in [5.41, 5.74) is 5.94. The third-order valence-electron chi connectivity index (χ3n) is 2.51. The number of nitrogens with zero attached hydrogens (tertiary/aromatic N) is 1. The normalized spacial score (nSPS) is 25.1. The average molecular weight is 214 g/mol. The highest BCUT2D eigenvalue weighted by molar-refractivity contribution is 7.99. The SMILES string of the molecule is CC(C)(C)C(N)=NCC1CCCCS1. The van der Waals surface area contributed by atoms with Gasteiger partial charge in [0.15, 0.2) is 0 Å². The second-order valence-electron chi connectivity index (χ2n) is 4.96. The molecule has 0 aromatic rings. The highest BCUT2D eigenvalue weighted by Crippen LogP contribution is 2.25. The monoisotopic (exact) mass is 214 g/mol. The predicted molar refractivity (Wildman–Crippen MR) is 66.0 cm³/mol. The average Bonchev–Trinajstić information content (AvgIpc) is 2.14. The molecule has 3 heteroatoms. The summed E-state index contributed by atoms with van der Waals surface area (Å²) in [6, 6.07) is 0. The number of hydrogen-bond donors (Lipinski definition) is 1. The predicted octanol–water partition coefficient (Wildman–Crippen LogP) is 2.68. The van der Waals surface area contributed by atoms with Gasteiger partial charge in [0.1, 0.15) is 0 Å². The first-order chi connectivity index (χ1) is 6.50. The fourth-order valence-corrected chi connectivity index (χ4v) is 2.61. The Balaban J connectivity index is 2.37. The summed E-state index contributed by atoms with van der Waals surface area (Å²) in [4.78, 5) is 4.49. The zero-order valence-corrected chi connectivity index (χ0v) is 10.4. The molecule has 0 saturated carbocycles. The first-order valence-corrected chi connectivity index (χ1v) is 6.47. The van der Waals surface area contributed by atoms with Gasteiger partial charge in [0.05, 0.1) is 12.4 Å². The molecular weight excluding hydrogens is 192 g/mol. The van der Waals surface area contributed by atoms with Crippen molar-refractivity contribution in [1.82, 2.24) is 0 Å². The molecule has 1 saturated heterocycles. The zero-order valence-electron chi connectivity index (χ0n) is 9.55. The zero-order chi connectivity index (χ0) is 10.6. The van der Waals surface area contributed by atoms with Crippen molar-refractivity contribution in [3.63, 3.8) is 0 Å². The Kier molecular flexibility index (Phi) is 4.30. The third-order valence-corrected chi connectivity index (χ3v) is 3.89. The van der Waals surface area contributed by atoms with Crippen molar-refractivity contribution in [2.75, 3.05) is 12.3 Å². The Hall–Kier alpha value is -0.180. The van der Waals surface area contributed by atoms with Gasteiger partial charge in [-0.3, -0.25) is 4.99 Å². The van der Waals surface area contributed by atoms with Crippen LogP contribution in [0.25, 0.3) is 0 Å². The lowest BCUT2D eigenvalue weighted by Crippen LogP contribution is -2.30. The highest BCUT2D eigenvalue weighted by atomic mass is 32.2. The number of hydrogen-bond acceptors (Lipinski definition) is 2. The van der Waals surface area contributed by atoms with E-state index >= 15 is 0 Å². The topological polar surface area (TPSA) is 38.4 Å². The standard InChI is InChI=1S/C11H22N2S/c1-11(2,3)10(12)13-8-9-6-4-5-7-14-9/h9H,4-8H2,1-3H3,(H2,12,13). The minimum atomic E-state index is 0.0271. The van der Waals surface area contributed by atoms with Crippen LogP contribution in [0.4, 0.5) is 0 Å². The second kappa shape index (κ2) is 5.06. The minimum Gasteiger partial charge on any atom is -0.387 e. The van der Waals surface area contributed by atoms with Crippen LogP contribution >= 0.6 is 11.8 Å². The number of thioether (sulfide) groups is 1. The van der Waals surface area contributed by atoms with Gasteiger partial charge < -0.3 is 5.73 Å². The Labute approximate surface area is 91.7 Å². The number of rotatable bonds is 2. The molecule has 14 heavy (non-hydrogen) atoms. The molecule has 2 nitrogen and oxygen atoms in total. The van der Waals surface area contributed by atoms with Crippen LogP contribution in [0.1, 0.15) is 40.0 Å². The van der Waals surface area contributed by atoms with Gasteiger partial charge in [-0.15, -0.1) is 0 Å². The van der Waals surface area contributed by atoms with Crippen LogP contribution in [0.2, 0.25) is 0 Å². The summed E-state index contributed by atoms with van der Waals surface area (Å²) in [7, 11) is 0. The molecule has 0 amide bonds. The summed E-state index contributed by atoms with van der Waals surface area (Å²) < 4.78 is 0. The van der Waals surface area contributed by atoms with Crippen molar-refractivity contribution in [3.05, 3.63) is 0 Å². The van der Waals surface area contributed by atoms with E-state index in [2.05, 4.69) is 37.5 Å². The summed E-state index contributed by atoms with van der Waals surface area (Å²) >= 11 is 2.05. The molecule has 0 aromatic carbocycles. The number of amidine groups is 1. The van der Waals surface area contributed by atoms with Gasteiger partial charge in [0, 0.05) is 10.7 Å². The molecule has 1 unspecified atom stereocenters. The van der Waals surface area contributed by atoms with Crippen LogP contribution in [-0.2, 0) is 0 Å². The van der Waals surface area contributed by atoms with E-state index in [1.807, 2.05) is 0 Å². The Bertz CT molecular complexity index is 200. The van der Waals surface area contributed by atoms with Crippen molar-refractivity contribution in [1.29, 1.82) is 0 Å². The smallest absolute Gasteiger partial charge is 0.0991 e. The lowest BCUT2D eigenvalue weighted by molar-refractivity contribution is 0.578. The van der Waals surface area contributed by atoms with Gasteiger partial charge >= 0.3 is 0 Å². The lowest BCUT2D eigenvalue weighted by Gasteiger charge is -2.22. The van der Waals surface area contributed by atoms with Gasteiger partial charge in [-0.25, -0.2) is 0 Å². The molecule has 1 atom stereocenters. The Morgan fingerprint density at radius 2 is 2.14 bits per heavy atom. The van der Waals surface area contributed by atoms with Crippen molar-refractivity contribution in [2.24, 2.45) is 16.1 Å². The van der Waals surface area contributed by atoms with Crippen LogP contribution in [-0.4, -0.2) is 23.4 Å². The van der Waals surface area contributed by atoms with E-state index < -0.39 is 0 Å². The van der Waals surface area contributed by atoms with Crippen LogP contribution < -0.4 is 5.73 Å². The maximum Gasteiger partial charge on any atom is 0.0991 e. The molecule has 1 fully saturated rings. The second-order valence-corrected chi connectivity index (χ2v) is 6.37. The van der Waals surface area contributed by atoms with Crippen molar-refractivity contribution >= 4 is 17.6 Å². The molecule has 1 aliphatic rings. The van der Waals surface area contributed by atoms with Crippen LogP contribution in [0.15, 0.2) is 4.99 Å². The molecule has 1 aliphatic heterocycles. The molecule has 0 spiro atoms. The molecule has 2 N–H and O–H groups in total. The van der Waals surface area contributed by atoms with Gasteiger partial charge in [0.2, 0.25) is 0 Å². The van der Waals surface area contributed by atoms with Crippen LogP contribution in [0.5, 0.6) is 0 Å². The molecule has 0 bridgehead atoms. The number of nitrogens with two attached hydrogens (primary N) is 1. The first-order valence-electron chi connectivity index (χ1n) is 5.42. The molecule has 0 radical (unpaired) electrons. The third kappa shape index (κ3) is 3.91. The quantitative estimate of drug-likeness (QED) is 0.567. The fourth-order valence-electron chi connectivity index (χ4n) is 1.39. The van der Waals surface area contributed by atoms with Crippen molar-refractivity contribution in [3.8, 4) is 0 Å². The molecule has 0 aliphatic carbocycles. The fraction of sp³-hybridized carbons (Fsp3) is 0.909. The van der Waals surface area contributed by atoms with E-state index in [4.69, 9.17) is 5.73 Å². The molecule has 1 heterocycles. The Morgan fingerprint density at radius 1 is 1.43 bits per heavy atom. The molecule has 82 valence electrons. The van der Waals surface area contributed by atoms with Gasteiger partial charge in [-0.2, -0.15) is 11.8 Å². The van der Waals surface area contributed by atoms with Gasteiger partial charge in [-0.1, -0.05) is 27.2 Å². The van der Waals surface area contributed by atoms with Gasteiger partial charge in [0.25, 0.3) is 0 Å². The highest BCUT2D eigenvalue weighted by Gasteiger charge is 2.17. The summed E-state index contributed by atoms with van der Waals surface area (Å²) in [5.74, 6) is 2.10. The molecule has 0 aromatic heterocycles. The van der Waals surface area contributed by atoms with E-state index in [1.165, 1.54) is 25.0 Å². The maximum absolute atomic E-state index is 5.91. The maximum atomic E-state index is 5.91. The van der Waals surface area contributed by atoms with E-state index in [-0.39, 0.29) is 5.41 Å².